The molecule has 0 bridgehead atoms. The molecule has 0 saturated carbocycles. The number of unbranched alkanes of at least 4 members (excludes halogenated alkanes) is 8. The average molecular weight is 337 g/mol. The van der Waals surface area contributed by atoms with Crippen LogP contribution in [0.15, 0.2) is 0 Å². The summed E-state index contributed by atoms with van der Waals surface area (Å²) in [7, 11) is 1.47. The van der Waals surface area contributed by atoms with Crippen molar-refractivity contribution in [2.45, 2.75) is 71.1 Å². The second kappa shape index (κ2) is 16.3. The number of nitrogens with one attached hydrogen (secondary N) is 2. The van der Waals surface area contributed by atoms with Crippen LogP contribution < -0.4 is 34.9 Å². The molecule has 0 aromatic carbocycles. The minimum atomic E-state index is -1.03. The van der Waals surface area contributed by atoms with Gasteiger partial charge in [-0.05, 0) is 6.42 Å². The predicted octanol–water partition coefficient (Wildman–Crippen LogP) is 0.0912. The van der Waals surface area contributed by atoms with Crippen molar-refractivity contribution in [1.82, 2.24) is 10.2 Å². The maximum atomic E-state index is 11.6. The van der Waals surface area contributed by atoms with Gasteiger partial charge in [0.05, 0.1) is 0 Å². The Hall–Kier alpha value is -0.590. The first-order valence-corrected chi connectivity index (χ1v) is 8.28. The Balaban J connectivity index is -0.00000220. The molecule has 0 aromatic rings. The quantitative estimate of drug-likeness (QED) is 0.204. The van der Waals surface area contributed by atoms with Gasteiger partial charge in [0.1, 0.15) is 6.54 Å². The van der Waals surface area contributed by atoms with E-state index in [-0.39, 0.29) is 49.4 Å². The number of aliphatic carboxylic acids is 1. The van der Waals surface area contributed by atoms with Crippen LogP contribution in [0.4, 0.5) is 0 Å². The van der Waals surface area contributed by atoms with E-state index in [9.17, 15) is 9.59 Å². The van der Waals surface area contributed by atoms with E-state index in [1.165, 1.54) is 50.5 Å². The third kappa shape index (κ3) is 16.1. The number of hydrogen-bond donors (Lipinski definition) is 3. The Morgan fingerprint density at radius 3 is 2.00 bits per heavy atom. The van der Waals surface area contributed by atoms with E-state index < -0.39 is 5.97 Å². The van der Waals surface area contributed by atoms with Crippen LogP contribution in [0.2, 0.25) is 0 Å². The number of carbonyl (C=O) groups excluding carboxylic acids is 1. The molecule has 0 aliphatic rings. The topological polar surface area (TPSA) is 93.5 Å². The summed E-state index contributed by atoms with van der Waals surface area (Å²) in [6.07, 6.45) is 11.1. The van der Waals surface area contributed by atoms with E-state index in [1.54, 1.807) is 0 Å². The second-order valence-electron chi connectivity index (χ2n) is 5.73. The Kier molecular flexibility index (Phi) is 17.4. The van der Waals surface area contributed by atoms with E-state index in [0.29, 0.717) is 6.42 Å². The fraction of sp³-hybridized carbons (Fsp3) is 0.812. The van der Waals surface area contributed by atoms with Gasteiger partial charge >= 0.3 is 35.5 Å². The largest absolute Gasteiger partial charge is 1.00 e. The van der Waals surface area contributed by atoms with Gasteiger partial charge in [-0.15, -0.1) is 0 Å². The molecule has 0 unspecified atom stereocenters. The second-order valence-corrected chi connectivity index (χ2v) is 5.73. The average Bonchev–Trinajstić information content (AvgIpc) is 2.44. The maximum Gasteiger partial charge on any atom is 1.00 e. The van der Waals surface area contributed by atoms with Crippen molar-refractivity contribution in [3.63, 3.8) is 0 Å². The molecule has 0 spiro atoms. The predicted molar refractivity (Wildman–Crippen MR) is 89.1 cm³/mol. The summed E-state index contributed by atoms with van der Waals surface area (Å²) < 4.78 is 0. The van der Waals surface area contributed by atoms with Crippen LogP contribution in [0.25, 0.3) is 0 Å². The van der Waals surface area contributed by atoms with Gasteiger partial charge in [-0.25, -0.2) is 0 Å². The van der Waals surface area contributed by atoms with Crippen molar-refractivity contribution in [1.29, 1.82) is 5.41 Å². The Morgan fingerprint density at radius 1 is 1.04 bits per heavy atom. The summed E-state index contributed by atoms with van der Waals surface area (Å²) >= 11 is 0. The summed E-state index contributed by atoms with van der Waals surface area (Å²) in [4.78, 5) is 23.3. The molecule has 1 amide bonds. The molecule has 0 aromatic heterocycles. The first-order chi connectivity index (χ1) is 10.5. The number of likely N-dealkylation sites (N-methyl/N-ethyl adjacent to an activating group) is 1. The number of carboxylic acids is 1. The fourth-order valence-electron chi connectivity index (χ4n) is 2.17. The van der Waals surface area contributed by atoms with E-state index >= 15 is 0 Å². The van der Waals surface area contributed by atoms with E-state index in [0.717, 1.165) is 19.3 Å². The summed E-state index contributed by atoms with van der Waals surface area (Å²) in [6, 6.07) is 0. The van der Waals surface area contributed by atoms with Gasteiger partial charge < -0.3 is 11.4 Å². The normalized spacial score (nSPS) is 9.83. The molecule has 23 heavy (non-hydrogen) atoms. The molecule has 0 fully saturated rings. The van der Waals surface area contributed by atoms with Crippen LogP contribution in [0.3, 0.4) is 0 Å². The summed E-state index contributed by atoms with van der Waals surface area (Å²) in [6.45, 7) is 1.92. The maximum absolute atomic E-state index is 11.6. The number of carboxylic acid groups (broad SMARTS) is 1. The van der Waals surface area contributed by atoms with Gasteiger partial charge in [-0.1, -0.05) is 58.3 Å². The van der Waals surface area contributed by atoms with E-state index in [2.05, 4.69) is 12.2 Å². The Morgan fingerprint density at radius 2 is 1.52 bits per heavy atom. The molecule has 3 N–H and O–H groups in total. The molecular formula is C16H32N3NaO3. The Labute approximate surface area is 163 Å². The van der Waals surface area contributed by atoms with Crippen molar-refractivity contribution in [2.75, 3.05) is 13.6 Å². The molecule has 7 heteroatoms. The van der Waals surface area contributed by atoms with Crippen LogP contribution in [0, 0.1) is 5.41 Å². The van der Waals surface area contributed by atoms with Gasteiger partial charge in [0.15, 0.2) is 5.96 Å². The smallest absolute Gasteiger partial charge is 1.00 e. The number of amides is 1. The van der Waals surface area contributed by atoms with Crippen LogP contribution >= 0.6 is 0 Å². The van der Waals surface area contributed by atoms with Crippen molar-refractivity contribution >= 4 is 17.8 Å². The summed E-state index contributed by atoms with van der Waals surface area (Å²) in [5.41, 5.74) is 0. The minimum Gasteiger partial charge on any atom is -1.00 e. The number of nitrogens with zero attached hydrogens (tertiary/aromatic N) is 1. The summed E-state index contributed by atoms with van der Waals surface area (Å²) in [5, 5.41) is 18.6. The monoisotopic (exact) mass is 337 g/mol. The standard InChI is InChI=1S/C16H31N3O3.Na.H/c1-3-4-5-6-7-8-9-10-11-12-14(20)18-16(17)19(2)13-15(21)22;;/h3-13H2,1-2H3,(H,21,22)(H2,17,18,20);;/q;+1;-1. The molecule has 6 nitrogen and oxygen atoms in total. The molecule has 0 heterocycles. The molecule has 0 saturated heterocycles. The molecule has 0 rings (SSSR count). The van der Waals surface area contributed by atoms with Crippen LogP contribution in [-0.4, -0.2) is 41.4 Å². The Bertz CT molecular complexity index is 357. The number of carbonyl (C=O) groups is 2. The van der Waals surface area contributed by atoms with Gasteiger partial charge in [0.2, 0.25) is 5.91 Å². The van der Waals surface area contributed by atoms with Gasteiger partial charge in [0.25, 0.3) is 0 Å². The van der Waals surface area contributed by atoms with Crippen molar-refractivity contribution in [3.8, 4) is 0 Å². The molecule has 0 aliphatic heterocycles. The van der Waals surface area contributed by atoms with Crippen LogP contribution in [-0.2, 0) is 9.59 Å². The fourth-order valence-corrected chi connectivity index (χ4v) is 2.17. The molecular weight excluding hydrogens is 305 g/mol. The van der Waals surface area contributed by atoms with Gasteiger partial charge in [-0.3, -0.25) is 20.3 Å². The zero-order valence-corrected chi connectivity index (χ0v) is 17.0. The van der Waals surface area contributed by atoms with Crippen molar-refractivity contribution in [3.05, 3.63) is 0 Å². The molecule has 0 atom stereocenters. The zero-order valence-electron chi connectivity index (χ0n) is 16.0. The van der Waals surface area contributed by atoms with Crippen LogP contribution in [0.5, 0.6) is 0 Å². The third-order valence-corrected chi connectivity index (χ3v) is 3.52. The SMILES string of the molecule is CCCCCCCCCCCC(=O)NC(=N)N(C)CC(=O)O.[H-].[Na+]. The minimum absolute atomic E-state index is 0. The van der Waals surface area contributed by atoms with Crippen molar-refractivity contribution < 1.29 is 45.7 Å². The molecule has 0 radical (unpaired) electrons. The first kappa shape index (κ1) is 24.7. The molecule has 130 valence electrons. The van der Waals surface area contributed by atoms with Crippen molar-refractivity contribution in [2.24, 2.45) is 0 Å². The molecule has 0 aliphatic carbocycles. The summed E-state index contributed by atoms with van der Waals surface area (Å²) in [5.74, 6) is -1.41. The third-order valence-electron chi connectivity index (χ3n) is 3.52. The van der Waals surface area contributed by atoms with Crippen LogP contribution in [0.1, 0.15) is 72.6 Å². The first-order valence-electron chi connectivity index (χ1n) is 8.28. The zero-order chi connectivity index (χ0) is 16.8. The number of hydrogen-bond acceptors (Lipinski definition) is 3. The van der Waals surface area contributed by atoms with E-state index in [4.69, 9.17) is 10.5 Å². The number of guanidine groups is 1. The number of rotatable bonds is 12. The van der Waals surface area contributed by atoms with Gasteiger partial charge in [-0.2, -0.15) is 0 Å². The van der Waals surface area contributed by atoms with E-state index in [1.807, 2.05) is 0 Å². The van der Waals surface area contributed by atoms with Gasteiger partial charge in [0, 0.05) is 13.5 Å².